The normalized spacial score (nSPS) is 13.2. The summed E-state index contributed by atoms with van der Waals surface area (Å²) in [5, 5.41) is 12.0. The first-order valence-electron chi connectivity index (χ1n) is 2.15. The maximum absolute atomic E-state index is 9.65. The minimum Gasteiger partial charge on any atom is -0.549 e. The zero-order valence-electron chi connectivity index (χ0n) is 4.39. The molecular formula is C3H9N3O2. The van der Waals surface area contributed by atoms with Gasteiger partial charge < -0.3 is 15.6 Å². The summed E-state index contributed by atoms with van der Waals surface area (Å²) >= 11 is 0. The molecule has 6 N–H and O–H groups in total. The molecule has 0 saturated heterocycles. The molecule has 0 aromatic carbocycles. The first kappa shape index (κ1) is 7.35. The second kappa shape index (κ2) is 3.36. The van der Waals surface area contributed by atoms with Crippen LogP contribution in [0, 0.1) is 0 Å². The van der Waals surface area contributed by atoms with E-state index in [1.54, 1.807) is 0 Å². The Labute approximate surface area is 46.7 Å². The lowest BCUT2D eigenvalue weighted by molar-refractivity contribution is -0.427. The minimum atomic E-state index is -1.18. The van der Waals surface area contributed by atoms with Crippen molar-refractivity contribution >= 4 is 5.97 Å². The lowest BCUT2D eigenvalue weighted by Crippen LogP contribution is -2.73. The van der Waals surface area contributed by atoms with E-state index in [4.69, 9.17) is 5.73 Å². The van der Waals surface area contributed by atoms with E-state index < -0.39 is 12.3 Å². The molecule has 0 aromatic heterocycles. The summed E-state index contributed by atoms with van der Waals surface area (Å²) in [5.41, 5.74) is 8.31. The van der Waals surface area contributed by atoms with Crippen LogP contribution < -0.4 is 21.9 Å². The van der Waals surface area contributed by atoms with E-state index in [9.17, 15) is 9.90 Å². The Bertz CT molecular complexity index is 82.6. The highest BCUT2D eigenvalue weighted by Gasteiger charge is 1.92. The number of nitrogens with two attached hydrogens (primary N) is 1. The van der Waals surface area contributed by atoms with Gasteiger partial charge in [0.05, 0.1) is 5.97 Å². The van der Waals surface area contributed by atoms with Gasteiger partial charge in [0.1, 0.15) is 0 Å². The Morgan fingerprint density at radius 2 is 2.50 bits per heavy atom. The van der Waals surface area contributed by atoms with Gasteiger partial charge in [-0.2, -0.15) is 0 Å². The molecule has 0 spiro atoms. The second-order valence-electron chi connectivity index (χ2n) is 1.36. The van der Waals surface area contributed by atoms with Crippen molar-refractivity contribution in [3.05, 3.63) is 0 Å². The number of quaternary nitrogens is 1. The number of rotatable bonds is 3. The third-order valence-corrected chi connectivity index (χ3v) is 0.509. The number of carbonyl (C=O) groups excluding carboxylic acids is 1. The summed E-state index contributed by atoms with van der Waals surface area (Å²) < 4.78 is 0. The van der Waals surface area contributed by atoms with E-state index in [-0.39, 0.29) is 6.54 Å². The molecule has 0 aromatic rings. The molecule has 1 atom stereocenters. The zero-order valence-corrected chi connectivity index (χ0v) is 4.39. The lowest BCUT2D eigenvalue weighted by atomic mass is 10.6. The van der Waals surface area contributed by atoms with Crippen molar-refractivity contribution in [2.24, 2.45) is 5.73 Å². The van der Waals surface area contributed by atoms with Gasteiger partial charge in [-0.1, -0.05) is 0 Å². The predicted molar refractivity (Wildman–Crippen MR) is 23.9 cm³/mol. The first-order valence-corrected chi connectivity index (χ1v) is 2.15. The minimum absolute atomic E-state index is 0.245. The summed E-state index contributed by atoms with van der Waals surface area (Å²) in [6.07, 6.45) is -0.534. The molecule has 0 saturated carbocycles. The molecule has 0 aliphatic carbocycles. The van der Waals surface area contributed by atoms with Gasteiger partial charge in [-0.3, -0.25) is 5.73 Å². The van der Waals surface area contributed by atoms with E-state index in [0.29, 0.717) is 0 Å². The third-order valence-electron chi connectivity index (χ3n) is 0.509. The SMILES string of the molecule is NC([NH3+])NCC(=O)[O-]. The van der Waals surface area contributed by atoms with Gasteiger partial charge in [-0.05, 0) is 0 Å². The molecule has 0 aliphatic heterocycles. The maximum atomic E-state index is 9.65. The smallest absolute Gasteiger partial charge is 0.193 e. The number of carboxylic acid groups (broad SMARTS) is 1. The lowest BCUT2D eigenvalue weighted by Gasteiger charge is -2.04. The van der Waals surface area contributed by atoms with Crippen molar-refractivity contribution in [1.82, 2.24) is 5.32 Å². The molecule has 8 heavy (non-hydrogen) atoms. The first-order chi connectivity index (χ1) is 3.63. The van der Waals surface area contributed by atoms with E-state index in [1.165, 1.54) is 0 Å². The van der Waals surface area contributed by atoms with Gasteiger partial charge in [0.25, 0.3) is 0 Å². The fraction of sp³-hybridized carbons (Fsp3) is 0.667. The van der Waals surface area contributed by atoms with E-state index in [2.05, 4.69) is 11.1 Å². The van der Waals surface area contributed by atoms with Crippen LogP contribution in [-0.4, -0.2) is 18.8 Å². The van der Waals surface area contributed by atoms with E-state index in [1.807, 2.05) is 0 Å². The zero-order chi connectivity index (χ0) is 6.57. The molecular weight excluding hydrogens is 110 g/mol. The van der Waals surface area contributed by atoms with Gasteiger partial charge >= 0.3 is 0 Å². The molecule has 0 aliphatic rings. The fourth-order valence-electron chi connectivity index (χ4n) is 0.214. The van der Waals surface area contributed by atoms with Crippen LogP contribution in [0.5, 0.6) is 0 Å². The van der Waals surface area contributed by atoms with Gasteiger partial charge in [0, 0.05) is 6.54 Å². The van der Waals surface area contributed by atoms with Crippen molar-refractivity contribution in [3.63, 3.8) is 0 Å². The Kier molecular flexibility index (Phi) is 3.09. The molecule has 5 nitrogen and oxygen atoms in total. The van der Waals surface area contributed by atoms with Crippen LogP contribution in [0.25, 0.3) is 0 Å². The summed E-state index contributed by atoms with van der Waals surface area (Å²) in [7, 11) is 0. The molecule has 0 radical (unpaired) electrons. The van der Waals surface area contributed by atoms with E-state index >= 15 is 0 Å². The molecule has 1 unspecified atom stereocenters. The van der Waals surface area contributed by atoms with Crippen molar-refractivity contribution in [2.45, 2.75) is 6.29 Å². The third kappa shape index (κ3) is 5.35. The Morgan fingerprint density at radius 3 is 2.62 bits per heavy atom. The number of aliphatic carboxylic acids is 1. The quantitative estimate of drug-likeness (QED) is 0.327. The van der Waals surface area contributed by atoms with Gasteiger partial charge in [-0.25, -0.2) is 5.32 Å². The Hall–Kier alpha value is -0.650. The Morgan fingerprint density at radius 1 is 2.00 bits per heavy atom. The number of hydrogen-bond donors (Lipinski definition) is 3. The average Bonchev–Trinajstić information content (AvgIpc) is 1.61. The molecule has 5 heteroatoms. The summed E-state index contributed by atoms with van der Waals surface area (Å²) in [5.74, 6) is -1.18. The molecule has 0 heterocycles. The highest BCUT2D eigenvalue weighted by molar-refractivity contribution is 5.66. The maximum Gasteiger partial charge on any atom is 0.193 e. The van der Waals surface area contributed by atoms with E-state index in [0.717, 1.165) is 0 Å². The van der Waals surface area contributed by atoms with Gasteiger partial charge in [0.15, 0.2) is 6.29 Å². The van der Waals surface area contributed by atoms with Crippen molar-refractivity contribution in [1.29, 1.82) is 0 Å². The van der Waals surface area contributed by atoms with Crippen LogP contribution >= 0.6 is 0 Å². The average molecular weight is 119 g/mol. The molecule has 0 bridgehead atoms. The van der Waals surface area contributed by atoms with Crippen LogP contribution in [0.3, 0.4) is 0 Å². The van der Waals surface area contributed by atoms with Crippen LogP contribution in [0.2, 0.25) is 0 Å². The fourth-order valence-corrected chi connectivity index (χ4v) is 0.214. The number of hydrogen-bond acceptors (Lipinski definition) is 4. The van der Waals surface area contributed by atoms with Crippen molar-refractivity contribution in [2.75, 3.05) is 6.54 Å². The largest absolute Gasteiger partial charge is 0.549 e. The monoisotopic (exact) mass is 119 g/mol. The summed E-state index contributed by atoms with van der Waals surface area (Å²) in [6.45, 7) is -0.245. The number of nitrogens with one attached hydrogen (secondary N) is 1. The Balaban J connectivity index is 3.05. The topological polar surface area (TPSA) is 106 Å². The van der Waals surface area contributed by atoms with Crippen LogP contribution in [0.4, 0.5) is 0 Å². The molecule has 0 rings (SSSR count). The van der Waals surface area contributed by atoms with Crippen LogP contribution in [-0.2, 0) is 4.79 Å². The predicted octanol–water partition coefficient (Wildman–Crippen LogP) is -4.19. The van der Waals surface area contributed by atoms with Crippen LogP contribution in [0.15, 0.2) is 0 Å². The molecule has 0 amide bonds. The summed E-state index contributed by atoms with van der Waals surface area (Å²) in [4.78, 5) is 9.65. The van der Waals surface area contributed by atoms with Gasteiger partial charge in [-0.15, -0.1) is 0 Å². The number of carboxylic acids is 1. The molecule has 0 fully saturated rings. The molecule has 48 valence electrons. The van der Waals surface area contributed by atoms with Crippen LogP contribution in [0.1, 0.15) is 0 Å². The van der Waals surface area contributed by atoms with Crippen molar-refractivity contribution in [3.8, 4) is 0 Å². The highest BCUT2D eigenvalue weighted by atomic mass is 16.4. The standard InChI is InChI=1S/C3H9N3O2/c4-3(5)6-1-2(7)8/h3,6H,1,4-5H2,(H,7,8). The summed E-state index contributed by atoms with van der Waals surface area (Å²) in [6, 6.07) is 0. The number of carbonyl (C=O) groups is 1. The van der Waals surface area contributed by atoms with Crippen molar-refractivity contribution < 1.29 is 15.6 Å². The highest BCUT2D eigenvalue weighted by Crippen LogP contribution is 1.50. The van der Waals surface area contributed by atoms with Gasteiger partial charge in [0.2, 0.25) is 0 Å². The second-order valence-corrected chi connectivity index (χ2v) is 1.36.